The highest BCUT2D eigenvalue weighted by atomic mass is 19.1. The van der Waals surface area contributed by atoms with Crippen LogP contribution in [0.15, 0.2) is 36.4 Å². The molecular weight excluding hydrogens is 443 g/mol. The maximum Gasteiger partial charge on any atom is 0.169 e. The van der Waals surface area contributed by atoms with Gasteiger partial charge in [-0.25, -0.2) is 4.39 Å². The van der Waals surface area contributed by atoms with Crippen molar-refractivity contribution in [3.63, 3.8) is 0 Å². The summed E-state index contributed by atoms with van der Waals surface area (Å²) in [5.41, 5.74) is 2.87. The average Bonchev–Trinajstić information content (AvgIpc) is 2.77. The molecule has 1 N–H and O–H groups in total. The third-order valence-electron chi connectivity index (χ3n) is 5.09. The molecule has 0 amide bonds. The third kappa shape index (κ3) is 7.40. The molecule has 2 aromatic rings. The summed E-state index contributed by atoms with van der Waals surface area (Å²) >= 11 is 0. The van der Waals surface area contributed by atoms with Crippen LogP contribution in [0.2, 0.25) is 0 Å². The van der Waals surface area contributed by atoms with Crippen molar-refractivity contribution in [2.24, 2.45) is 0 Å². The van der Waals surface area contributed by atoms with Crippen LogP contribution >= 0.6 is 0 Å². The molecule has 0 radical (unpaired) electrons. The van der Waals surface area contributed by atoms with Crippen LogP contribution in [0, 0.1) is 5.82 Å². The Morgan fingerprint density at radius 2 is 1.82 bits per heavy atom. The monoisotopic (exact) mass is 473 g/mol. The van der Waals surface area contributed by atoms with Crippen LogP contribution in [0.1, 0.15) is 43.7 Å². The van der Waals surface area contributed by atoms with Crippen molar-refractivity contribution in [1.29, 1.82) is 0 Å². The number of carboxylic acids is 1. The van der Waals surface area contributed by atoms with Gasteiger partial charge in [-0.3, -0.25) is 4.79 Å². The highest BCUT2D eigenvalue weighted by Gasteiger charge is 2.22. The van der Waals surface area contributed by atoms with Gasteiger partial charge in [-0.1, -0.05) is 38.1 Å². The smallest absolute Gasteiger partial charge is 0.169 e. The number of benzene rings is 2. The average molecular weight is 474 g/mol. The maximum absolute atomic E-state index is 13.6. The Bertz CT molecular complexity index is 1010. The van der Waals surface area contributed by atoms with Gasteiger partial charge in [0.25, 0.3) is 0 Å². The lowest BCUT2D eigenvalue weighted by atomic mass is 9.88. The van der Waals surface area contributed by atoms with E-state index in [1.165, 1.54) is 25.3 Å². The fourth-order valence-corrected chi connectivity index (χ4v) is 3.52. The number of hydrogen-bond acceptors (Lipinski definition) is 7. The summed E-state index contributed by atoms with van der Waals surface area (Å²) in [4.78, 5) is 22.4. The largest absolute Gasteiger partial charge is 0.550 e. The number of ether oxygens (including phenoxy) is 3. The van der Waals surface area contributed by atoms with Crippen LogP contribution in [0.25, 0.3) is 17.2 Å². The molecule has 184 valence electrons. The van der Waals surface area contributed by atoms with Gasteiger partial charge in [-0.15, -0.1) is 0 Å². The molecule has 1 unspecified atom stereocenters. The van der Waals surface area contributed by atoms with Crippen LogP contribution in [0.3, 0.4) is 0 Å². The summed E-state index contributed by atoms with van der Waals surface area (Å²) in [7, 11) is 3.07. The number of halogens is 1. The number of carbonyl (C=O) groups excluding carboxylic acids is 2. The van der Waals surface area contributed by atoms with E-state index in [1.807, 2.05) is 19.9 Å². The first-order valence-corrected chi connectivity index (χ1v) is 10.9. The van der Waals surface area contributed by atoms with E-state index in [2.05, 4.69) is 0 Å². The van der Waals surface area contributed by atoms with Gasteiger partial charge in [0.2, 0.25) is 0 Å². The summed E-state index contributed by atoms with van der Waals surface area (Å²) < 4.78 is 30.3. The van der Waals surface area contributed by atoms with Gasteiger partial charge in [0.15, 0.2) is 11.5 Å². The van der Waals surface area contributed by atoms with E-state index >= 15 is 0 Å². The SMILES string of the molecule is COCCOc1cc(C(C)C)c(/C=C/C(O)CC(=O)CC(=O)[O-])c(-c2ccc(F)cc2)c1OC. The maximum atomic E-state index is 13.6. The Kier molecular flexibility index (Phi) is 10.2. The lowest BCUT2D eigenvalue weighted by Crippen LogP contribution is -2.26. The first-order chi connectivity index (χ1) is 16.2. The van der Waals surface area contributed by atoms with Gasteiger partial charge >= 0.3 is 0 Å². The zero-order valence-corrected chi connectivity index (χ0v) is 19.8. The number of ketones is 1. The van der Waals surface area contributed by atoms with Crippen LogP contribution < -0.4 is 14.6 Å². The molecular formula is C26H30FO7-. The number of methoxy groups -OCH3 is 2. The molecule has 2 rings (SSSR count). The molecule has 34 heavy (non-hydrogen) atoms. The highest BCUT2D eigenvalue weighted by Crippen LogP contribution is 2.45. The quantitative estimate of drug-likeness (QED) is 0.352. The first-order valence-electron chi connectivity index (χ1n) is 10.9. The molecule has 0 fully saturated rings. The zero-order valence-electron chi connectivity index (χ0n) is 19.8. The summed E-state index contributed by atoms with van der Waals surface area (Å²) in [6.45, 7) is 4.65. The van der Waals surface area contributed by atoms with Crippen molar-refractivity contribution in [2.45, 2.75) is 38.7 Å². The van der Waals surface area contributed by atoms with E-state index in [1.54, 1.807) is 25.3 Å². The van der Waals surface area contributed by atoms with Crippen LogP contribution in [-0.2, 0) is 14.3 Å². The number of aliphatic carboxylic acids is 1. The second-order valence-electron chi connectivity index (χ2n) is 8.01. The van der Waals surface area contributed by atoms with Crippen molar-refractivity contribution in [3.8, 4) is 22.6 Å². The van der Waals surface area contributed by atoms with Crippen LogP contribution in [0.4, 0.5) is 4.39 Å². The number of hydrogen-bond donors (Lipinski definition) is 1. The predicted molar refractivity (Wildman–Crippen MR) is 124 cm³/mol. The molecule has 7 nitrogen and oxygen atoms in total. The Hall–Kier alpha value is -3.23. The van der Waals surface area contributed by atoms with Crippen molar-refractivity contribution < 1.29 is 38.4 Å². The minimum absolute atomic E-state index is 0.0337. The van der Waals surface area contributed by atoms with E-state index in [0.717, 1.165) is 5.56 Å². The van der Waals surface area contributed by atoms with Crippen molar-refractivity contribution in [2.75, 3.05) is 27.4 Å². The highest BCUT2D eigenvalue weighted by molar-refractivity contribution is 5.94. The lowest BCUT2D eigenvalue weighted by Gasteiger charge is -2.22. The van der Waals surface area contributed by atoms with Gasteiger partial charge in [0, 0.05) is 31.5 Å². The Morgan fingerprint density at radius 1 is 1.15 bits per heavy atom. The molecule has 0 aromatic heterocycles. The molecule has 0 heterocycles. The van der Waals surface area contributed by atoms with Crippen LogP contribution in [0.5, 0.6) is 11.5 Å². The standard InChI is InChI=1S/C26H31FO7/c1-16(2)22-15-23(34-12-11-32-3)26(33-4)25(17-5-7-18(27)8-6-17)21(22)10-9-19(28)13-20(29)14-24(30)31/h5-10,15-16,19,28H,11-14H2,1-4H3,(H,30,31)/p-1/b10-9+. The van der Waals surface area contributed by atoms with Crippen molar-refractivity contribution >= 4 is 17.8 Å². The Balaban J connectivity index is 2.62. The number of rotatable bonds is 13. The van der Waals surface area contributed by atoms with E-state index in [9.17, 15) is 24.2 Å². The second-order valence-corrected chi connectivity index (χ2v) is 8.01. The third-order valence-corrected chi connectivity index (χ3v) is 5.09. The Labute approximate surface area is 198 Å². The molecule has 0 saturated carbocycles. The summed E-state index contributed by atoms with van der Waals surface area (Å²) in [6, 6.07) is 7.76. The molecule has 0 aliphatic rings. The normalized spacial score (nSPS) is 12.2. The molecule has 0 spiro atoms. The zero-order chi connectivity index (χ0) is 25.3. The van der Waals surface area contributed by atoms with E-state index in [4.69, 9.17) is 14.2 Å². The van der Waals surface area contributed by atoms with Gasteiger partial charge in [-0.2, -0.15) is 0 Å². The Morgan fingerprint density at radius 3 is 2.38 bits per heavy atom. The second kappa shape index (κ2) is 12.9. The fourth-order valence-electron chi connectivity index (χ4n) is 3.52. The topological polar surface area (TPSA) is 105 Å². The summed E-state index contributed by atoms with van der Waals surface area (Å²) in [6.07, 6.45) is 0.766. The molecule has 8 heteroatoms. The predicted octanol–water partition coefficient (Wildman–Crippen LogP) is 3.12. The summed E-state index contributed by atoms with van der Waals surface area (Å²) in [5, 5.41) is 20.9. The number of carbonyl (C=O) groups is 2. The number of Topliss-reactive ketones (excluding diaryl/α,β-unsaturated/α-hetero) is 1. The molecule has 0 saturated heterocycles. The van der Waals surface area contributed by atoms with Gasteiger partial charge < -0.3 is 29.2 Å². The van der Waals surface area contributed by atoms with Crippen LogP contribution in [-0.4, -0.2) is 50.4 Å². The molecule has 2 aromatic carbocycles. The van der Waals surface area contributed by atoms with Crippen molar-refractivity contribution in [1.82, 2.24) is 0 Å². The number of aliphatic hydroxyl groups excluding tert-OH is 1. The van der Waals surface area contributed by atoms with Gasteiger partial charge in [-0.05, 0) is 40.8 Å². The lowest BCUT2D eigenvalue weighted by molar-refractivity contribution is -0.304. The minimum Gasteiger partial charge on any atom is -0.550 e. The number of carboxylic acid groups (broad SMARTS) is 1. The number of aliphatic hydroxyl groups is 1. The van der Waals surface area contributed by atoms with Gasteiger partial charge in [0.05, 0.1) is 19.8 Å². The fraction of sp³-hybridized carbons (Fsp3) is 0.385. The van der Waals surface area contributed by atoms with Crippen molar-refractivity contribution in [3.05, 3.63) is 53.4 Å². The van der Waals surface area contributed by atoms with E-state index < -0.39 is 30.1 Å². The molecule has 1 atom stereocenters. The summed E-state index contributed by atoms with van der Waals surface area (Å²) in [5.74, 6) is -1.57. The first kappa shape index (κ1) is 27.0. The molecule has 0 aliphatic heterocycles. The minimum atomic E-state index is -1.49. The molecule has 0 aliphatic carbocycles. The van der Waals surface area contributed by atoms with E-state index in [0.29, 0.717) is 41.4 Å². The molecule has 0 bridgehead atoms. The van der Waals surface area contributed by atoms with E-state index in [-0.39, 0.29) is 12.3 Å². The van der Waals surface area contributed by atoms with Gasteiger partial charge in [0.1, 0.15) is 18.2 Å².